The highest BCUT2D eigenvalue weighted by atomic mass is 16.5. The van der Waals surface area contributed by atoms with Crippen LogP contribution >= 0.6 is 0 Å². The summed E-state index contributed by atoms with van der Waals surface area (Å²) in [7, 11) is 1.74. The van der Waals surface area contributed by atoms with Crippen molar-refractivity contribution in [1.29, 1.82) is 0 Å². The maximum atomic E-state index is 11.6. The van der Waals surface area contributed by atoms with Gasteiger partial charge in [-0.1, -0.05) is 25.7 Å². The van der Waals surface area contributed by atoms with Gasteiger partial charge in [0.2, 0.25) is 0 Å². The molecule has 2 aliphatic rings. The van der Waals surface area contributed by atoms with Crippen molar-refractivity contribution in [1.82, 2.24) is 0 Å². The van der Waals surface area contributed by atoms with Crippen molar-refractivity contribution in [3.8, 4) is 0 Å². The Morgan fingerprint density at radius 2 is 1.85 bits per heavy atom. The molecule has 0 aromatic carbocycles. The van der Waals surface area contributed by atoms with Gasteiger partial charge in [-0.2, -0.15) is 0 Å². The lowest BCUT2D eigenvalue weighted by Crippen LogP contribution is -2.54. The summed E-state index contributed by atoms with van der Waals surface area (Å²) in [5.41, 5.74) is -0.0503. The van der Waals surface area contributed by atoms with Gasteiger partial charge in [-0.05, 0) is 12.8 Å². The van der Waals surface area contributed by atoms with Crippen molar-refractivity contribution in [3.63, 3.8) is 0 Å². The van der Waals surface area contributed by atoms with Gasteiger partial charge >= 0.3 is 0 Å². The van der Waals surface area contributed by atoms with Crippen LogP contribution in [0.4, 0.5) is 0 Å². The summed E-state index contributed by atoms with van der Waals surface area (Å²) in [4.78, 5) is 11.6. The van der Waals surface area contributed by atoms with Crippen LogP contribution in [-0.4, -0.2) is 19.0 Å². The summed E-state index contributed by atoms with van der Waals surface area (Å²) in [6, 6.07) is 0. The van der Waals surface area contributed by atoms with Gasteiger partial charge in [0.15, 0.2) is 0 Å². The zero-order valence-corrected chi connectivity index (χ0v) is 8.34. The highest BCUT2D eigenvalue weighted by molar-refractivity contribution is 5.92. The molecule has 2 nitrogen and oxygen atoms in total. The van der Waals surface area contributed by atoms with E-state index in [-0.39, 0.29) is 11.5 Å². The third-order valence-electron chi connectivity index (χ3n) is 3.82. The predicted molar refractivity (Wildman–Crippen MR) is 50.6 cm³/mol. The van der Waals surface area contributed by atoms with Crippen molar-refractivity contribution in [2.45, 2.75) is 51.0 Å². The molecule has 1 unspecified atom stereocenters. The van der Waals surface area contributed by atoms with Crippen LogP contribution in [0.25, 0.3) is 0 Å². The lowest BCUT2D eigenvalue weighted by Gasteiger charge is -2.46. The molecule has 0 aliphatic heterocycles. The topological polar surface area (TPSA) is 26.3 Å². The maximum absolute atomic E-state index is 11.6. The van der Waals surface area contributed by atoms with E-state index in [0.29, 0.717) is 12.2 Å². The number of carbonyl (C=O) groups excluding carboxylic acids is 1. The third-order valence-corrected chi connectivity index (χ3v) is 3.82. The van der Waals surface area contributed by atoms with E-state index in [1.165, 1.54) is 25.7 Å². The van der Waals surface area contributed by atoms with E-state index >= 15 is 0 Å². The molecule has 0 N–H and O–H groups in total. The van der Waals surface area contributed by atoms with Crippen molar-refractivity contribution >= 4 is 5.78 Å². The van der Waals surface area contributed by atoms with E-state index in [0.717, 1.165) is 12.8 Å². The van der Waals surface area contributed by atoms with E-state index < -0.39 is 0 Å². The third kappa shape index (κ3) is 1.32. The van der Waals surface area contributed by atoms with Crippen LogP contribution < -0.4 is 0 Å². The minimum atomic E-state index is -0.0503. The molecule has 13 heavy (non-hydrogen) atoms. The number of methoxy groups -OCH3 is 1. The van der Waals surface area contributed by atoms with E-state index in [4.69, 9.17) is 4.74 Å². The molecule has 0 aromatic rings. The van der Waals surface area contributed by atoms with Crippen LogP contribution in [0.15, 0.2) is 0 Å². The van der Waals surface area contributed by atoms with Gasteiger partial charge in [0, 0.05) is 13.5 Å². The van der Waals surface area contributed by atoms with Gasteiger partial charge in [0.05, 0.1) is 11.5 Å². The summed E-state index contributed by atoms with van der Waals surface area (Å²) in [6.45, 7) is 0. The molecule has 2 heteroatoms. The molecule has 2 fully saturated rings. The molecule has 1 atom stereocenters. The lowest BCUT2D eigenvalue weighted by atomic mass is 9.60. The number of ketones is 1. The first kappa shape index (κ1) is 9.20. The summed E-state index contributed by atoms with van der Waals surface area (Å²) in [6.07, 6.45) is 8.07. The second-order valence-corrected chi connectivity index (χ2v) is 4.42. The second-order valence-electron chi connectivity index (χ2n) is 4.42. The molecule has 2 saturated carbocycles. The van der Waals surface area contributed by atoms with Crippen LogP contribution in [0.5, 0.6) is 0 Å². The van der Waals surface area contributed by atoms with Crippen LogP contribution in [0.1, 0.15) is 44.9 Å². The van der Waals surface area contributed by atoms with Crippen molar-refractivity contribution in [2.24, 2.45) is 5.41 Å². The van der Waals surface area contributed by atoms with Crippen LogP contribution in [0, 0.1) is 5.41 Å². The Labute approximate surface area is 79.7 Å². The fraction of sp³-hybridized carbons (Fsp3) is 0.909. The molecule has 2 aliphatic carbocycles. The fourth-order valence-corrected chi connectivity index (χ4v) is 2.88. The zero-order chi connectivity index (χ0) is 9.31. The van der Waals surface area contributed by atoms with Gasteiger partial charge in [-0.3, -0.25) is 4.79 Å². The van der Waals surface area contributed by atoms with Crippen molar-refractivity contribution < 1.29 is 9.53 Å². The highest BCUT2D eigenvalue weighted by Gasteiger charge is 2.54. The monoisotopic (exact) mass is 182 g/mol. The Hall–Kier alpha value is -0.370. The summed E-state index contributed by atoms with van der Waals surface area (Å²) < 4.78 is 5.38. The summed E-state index contributed by atoms with van der Waals surface area (Å²) in [5.74, 6) is 0.459. The van der Waals surface area contributed by atoms with Crippen LogP contribution in [0.3, 0.4) is 0 Å². The lowest BCUT2D eigenvalue weighted by molar-refractivity contribution is -0.161. The Bertz CT molecular complexity index is 202. The Balaban J connectivity index is 2.10. The molecule has 2 rings (SSSR count). The Morgan fingerprint density at radius 1 is 1.23 bits per heavy atom. The number of rotatable bonds is 1. The highest BCUT2D eigenvalue weighted by Crippen LogP contribution is 2.49. The van der Waals surface area contributed by atoms with E-state index in [1.807, 2.05) is 0 Å². The number of hydrogen-bond donors (Lipinski definition) is 0. The molecule has 0 bridgehead atoms. The van der Waals surface area contributed by atoms with Gasteiger partial charge in [-0.15, -0.1) is 0 Å². The molecule has 74 valence electrons. The van der Waals surface area contributed by atoms with E-state index in [2.05, 4.69) is 0 Å². The standard InChI is InChI=1S/C11H18O2/c1-13-10-8-9(12)11(10)6-4-2-3-5-7-11/h10H,2-8H2,1H3. The Kier molecular flexibility index (Phi) is 2.41. The minimum Gasteiger partial charge on any atom is -0.380 e. The average Bonchev–Trinajstić information content (AvgIpc) is 2.40. The molecule has 0 radical (unpaired) electrons. The smallest absolute Gasteiger partial charge is 0.144 e. The number of carbonyl (C=O) groups is 1. The first-order chi connectivity index (χ1) is 6.29. The fourth-order valence-electron chi connectivity index (χ4n) is 2.88. The minimum absolute atomic E-state index is 0.0503. The normalized spacial score (nSPS) is 32.7. The molecular formula is C11H18O2. The average molecular weight is 182 g/mol. The van der Waals surface area contributed by atoms with E-state index in [9.17, 15) is 4.79 Å². The van der Waals surface area contributed by atoms with Crippen molar-refractivity contribution in [2.75, 3.05) is 7.11 Å². The van der Waals surface area contributed by atoms with Gasteiger partial charge in [-0.25, -0.2) is 0 Å². The maximum Gasteiger partial charge on any atom is 0.144 e. The summed E-state index contributed by atoms with van der Waals surface area (Å²) in [5, 5.41) is 0. The van der Waals surface area contributed by atoms with Crippen LogP contribution in [-0.2, 0) is 9.53 Å². The quantitative estimate of drug-likeness (QED) is 0.622. The second kappa shape index (κ2) is 3.41. The first-order valence-corrected chi connectivity index (χ1v) is 5.36. The van der Waals surface area contributed by atoms with Gasteiger partial charge < -0.3 is 4.74 Å². The summed E-state index contributed by atoms with van der Waals surface area (Å²) >= 11 is 0. The SMILES string of the molecule is COC1CC(=O)C12CCCCCC2. The molecule has 0 saturated heterocycles. The van der Waals surface area contributed by atoms with Gasteiger partial charge in [0.1, 0.15) is 5.78 Å². The van der Waals surface area contributed by atoms with E-state index in [1.54, 1.807) is 7.11 Å². The molecule has 1 spiro atoms. The van der Waals surface area contributed by atoms with Crippen molar-refractivity contribution in [3.05, 3.63) is 0 Å². The molecule has 0 heterocycles. The number of ether oxygens (including phenoxy) is 1. The largest absolute Gasteiger partial charge is 0.380 e. The Morgan fingerprint density at radius 3 is 2.31 bits per heavy atom. The molecule has 0 aromatic heterocycles. The number of hydrogen-bond acceptors (Lipinski definition) is 2. The molecular weight excluding hydrogens is 164 g/mol. The number of Topliss-reactive ketones (excluding diaryl/α,β-unsaturated/α-hetero) is 1. The molecule has 0 amide bonds. The first-order valence-electron chi connectivity index (χ1n) is 5.36. The van der Waals surface area contributed by atoms with Crippen LogP contribution in [0.2, 0.25) is 0 Å². The predicted octanol–water partition coefficient (Wildman–Crippen LogP) is 2.31. The zero-order valence-electron chi connectivity index (χ0n) is 8.34. The van der Waals surface area contributed by atoms with Gasteiger partial charge in [0.25, 0.3) is 0 Å².